The van der Waals surface area contributed by atoms with Gasteiger partial charge in [0.05, 0.1) is 17.3 Å². The minimum atomic E-state index is -0.0720. The molecule has 1 aromatic carbocycles. The van der Waals surface area contributed by atoms with Crippen molar-refractivity contribution in [2.24, 2.45) is 0 Å². The quantitative estimate of drug-likeness (QED) is 0.722. The SMILES string of the molecule is CCn1ccc(CN(C)C(=O)c2sc3ccccc3c2Cl)n1. The van der Waals surface area contributed by atoms with Gasteiger partial charge in [-0.1, -0.05) is 29.8 Å². The molecule has 4 nitrogen and oxygen atoms in total. The largest absolute Gasteiger partial charge is 0.335 e. The second-order valence-corrected chi connectivity index (χ2v) is 6.50. The topological polar surface area (TPSA) is 38.1 Å². The van der Waals surface area contributed by atoms with Gasteiger partial charge in [0.2, 0.25) is 0 Å². The fraction of sp³-hybridized carbons (Fsp3) is 0.250. The Balaban J connectivity index is 1.83. The van der Waals surface area contributed by atoms with Crippen LogP contribution in [0.2, 0.25) is 5.02 Å². The third kappa shape index (κ3) is 2.74. The van der Waals surface area contributed by atoms with E-state index in [0.29, 0.717) is 16.4 Å². The van der Waals surface area contributed by atoms with Crippen molar-refractivity contribution < 1.29 is 4.79 Å². The standard InChI is InChI=1S/C16H16ClN3OS/c1-3-20-9-8-11(18-20)10-19(2)16(21)15-14(17)12-6-4-5-7-13(12)22-15/h4-9H,3,10H2,1-2H3. The molecular weight excluding hydrogens is 318 g/mol. The third-order valence-electron chi connectivity index (χ3n) is 3.49. The van der Waals surface area contributed by atoms with Gasteiger partial charge in [0, 0.05) is 29.9 Å². The Bertz CT molecular complexity index is 824. The number of aromatic nitrogens is 2. The van der Waals surface area contributed by atoms with Crippen molar-refractivity contribution in [1.82, 2.24) is 14.7 Å². The molecule has 0 unspecified atom stereocenters. The van der Waals surface area contributed by atoms with Crippen molar-refractivity contribution in [2.45, 2.75) is 20.0 Å². The summed E-state index contributed by atoms with van der Waals surface area (Å²) in [5.41, 5.74) is 0.870. The van der Waals surface area contributed by atoms with E-state index >= 15 is 0 Å². The molecule has 0 saturated carbocycles. The maximum atomic E-state index is 12.6. The molecule has 6 heteroatoms. The molecule has 0 radical (unpaired) electrons. The average molecular weight is 334 g/mol. The van der Waals surface area contributed by atoms with Crippen LogP contribution in [0.1, 0.15) is 22.3 Å². The molecular formula is C16H16ClN3OS. The number of carbonyl (C=O) groups excluding carboxylic acids is 1. The number of rotatable bonds is 4. The van der Waals surface area contributed by atoms with Crippen molar-refractivity contribution in [3.63, 3.8) is 0 Å². The molecule has 0 aliphatic carbocycles. The third-order valence-corrected chi connectivity index (χ3v) is 5.16. The molecule has 0 saturated heterocycles. The highest BCUT2D eigenvalue weighted by Crippen LogP contribution is 2.35. The zero-order valence-electron chi connectivity index (χ0n) is 12.4. The monoisotopic (exact) mass is 333 g/mol. The first-order valence-electron chi connectivity index (χ1n) is 7.05. The molecule has 114 valence electrons. The number of benzene rings is 1. The number of hydrogen-bond acceptors (Lipinski definition) is 3. The Kier molecular flexibility index (Phi) is 4.18. The molecule has 3 rings (SSSR count). The van der Waals surface area contributed by atoms with Crippen LogP contribution in [0.15, 0.2) is 36.5 Å². The van der Waals surface area contributed by atoms with Crippen molar-refractivity contribution >= 4 is 38.9 Å². The highest BCUT2D eigenvalue weighted by atomic mass is 35.5. The van der Waals surface area contributed by atoms with Crippen molar-refractivity contribution in [1.29, 1.82) is 0 Å². The fourth-order valence-electron chi connectivity index (χ4n) is 2.30. The lowest BCUT2D eigenvalue weighted by molar-refractivity contribution is 0.0788. The van der Waals surface area contributed by atoms with Crippen LogP contribution < -0.4 is 0 Å². The number of carbonyl (C=O) groups is 1. The van der Waals surface area contributed by atoms with E-state index in [9.17, 15) is 4.79 Å². The fourth-order valence-corrected chi connectivity index (χ4v) is 3.81. The molecule has 1 amide bonds. The summed E-state index contributed by atoms with van der Waals surface area (Å²) in [7, 11) is 1.77. The van der Waals surface area contributed by atoms with Gasteiger partial charge in [-0.2, -0.15) is 5.10 Å². The van der Waals surface area contributed by atoms with E-state index in [-0.39, 0.29) is 5.91 Å². The summed E-state index contributed by atoms with van der Waals surface area (Å²) in [4.78, 5) is 14.9. The molecule has 3 aromatic rings. The van der Waals surface area contributed by atoms with Crippen molar-refractivity contribution in [2.75, 3.05) is 7.05 Å². The van der Waals surface area contributed by atoms with Crippen LogP contribution in [-0.4, -0.2) is 27.6 Å². The van der Waals surface area contributed by atoms with Gasteiger partial charge in [-0.15, -0.1) is 11.3 Å². The molecule has 0 atom stereocenters. The van der Waals surface area contributed by atoms with Crippen LogP contribution in [0, 0.1) is 0 Å². The Labute approximate surface area is 137 Å². The Morgan fingerprint density at radius 1 is 1.36 bits per heavy atom. The van der Waals surface area contributed by atoms with E-state index in [1.54, 1.807) is 11.9 Å². The molecule has 2 heterocycles. The first kappa shape index (κ1) is 15.1. The van der Waals surface area contributed by atoms with E-state index in [1.807, 2.05) is 48.1 Å². The van der Waals surface area contributed by atoms with Gasteiger partial charge < -0.3 is 4.90 Å². The minimum absolute atomic E-state index is 0.0720. The molecule has 0 fully saturated rings. The zero-order valence-corrected chi connectivity index (χ0v) is 14.0. The summed E-state index contributed by atoms with van der Waals surface area (Å²) in [5, 5.41) is 5.87. The van der Waals surface area contributed by atoms with E-state index in [0.717, 1.165) is 22.3 Å². The Morgan fingerprint density at radius 3 is 2.82 bits per heavy atom. The van der Waals surface area contributed by atoms with Gasteiger partial charge in [0.25, 0.3) is 5.91 Å². The molecule has 0 spiro atoms. The van der Waals surface area contributed by atoms with Crippen LogP contribution in [-0.2, 0) is 13.1 Å². The number of fused-ring (bicyclic) bond motifs is 1. The minimum Gasteiger partial charge on any atom is -0.335 e. The van der Waals surface area contributed by atoms with Gasteiger partial charge in [-0.25, -0.2) is 0 Å². The molecule has 0 bridgehead atoms. The predicted octanol–water partition coefficient (Wildman–Crippen LogP) is 4.04. The summed E-state index contributed by atoms with van der Waals surface area (Å²) >= 11 is 7.80. The van der Waals surface area contributed by atoms with Gasteiger partial charge in [0.15, 0.2) is 0 Å². The Hall–Kier alpha value is -1.85. The number of hydrogen-bond donors (Lipinski definition) is 0. The number of halogens is 1. The summed E-state index contributed by atoms with van der Waals surface area (Å²) in [6.45, 7) is 3.32. The lowest BCUT2D eigenvalue weighted by Crippen LogP contribution is -2.26. The average Bonchev–Trinajstić information content (AvgIpc) is 3.11. The number of aryl methyl sites for hydroxylation is 1. The highest BCUT2D eigenvalue weighted by molar-refractivity contribution is 7.21. The summed E-state index contributed by atoms with van der Waals surface area (Å²) in [6.07, 6.45) is 1.92. The number of nitrogens with zero attached hydrogens (tertiary/aromatic N) is 3. The Morgan fingerprint density at radius 2 is 2.14 bits per heavy atom. The van der Waals surface area contributed by atoms with E-state index in [2.05, 4.69) is 5.10 Å². The molecule has 2 aromatic heterocycles. The summed E-state index contributed by atoms with van der Waals surface area (Å²) < 4.78 is 2.87. The smallest absolute Gasteiger partial charge is 0.265 e. The number of thiophene rings is 1. The van der Waals surface area contributed by atoms with Gasteiger partial charge >= 0.3 is 0 Å². The number of amides is 1. The molecule has 0 aliphatic heterocycles. The second kappa shape index (κ2) is 6.10. The normalized spacial score (nSPS) is 11.0. The van der Waals surface area contributed by atoms with Crippen molar-refractivity contribution in [3.8, 4) is 0 Å². The highest BCUT2D eigenvalue weighted by Gasteiger charge is 2.20. The summed E-state index contributed by atoms with van der Waals surface area (Å²) in [5.74, 6) is -0.0720. The molecule has 0 aliphatic rings. The van der Waals surface area contributed by atoms with Crippen LogP contribution >= 0.6 is 22.9 Å². The van der Waals surface area contributed by atoms with Gasteiger partial charge in [0.1, 0.15) is 4.88 Å². The summed E-state index contributed by atoms with van der Waals surface area (Å²) in [6, 6.07) is 9.72. The second-order valence-electron chi connectivity index (χ2n) is 5.07. The van der Waals surface area contributed by atoms with Crippen LogP contribution in [0.3, 0.4) is 0 Å². The molecule has 0 N–H and O–H groups in total. The lowest BCUT2D eigenvalue weighted by atomic mass is 10.2. The van der Waals surface area contributed by atoms with Crippen LogP contribution in [0.5, 0.6) is 0 Å². The van der Waals surface area contributed by atoms with Gasteiger partial charge in [-0.3, -0.25) is 9.48 Å². The lowest BCUT2D eigenvalue weighted by Gasteiger charge is -2.15. The maximum absolute atomic E-state index is 12.6. The van der Waals surface area contributed by atoms with Crippen molar-refractivity contribution in [3.05, 3.63) is 52.1 Å². The van der Waals surface area contributed by atoms with E-state index < -0.39 is 0 Å². The first-order valence-corrected chi connectivity index (χ1v) is 8.24. The van der Waals surface area contributed by atoms with E-state index in [4.69, 9.17) is 11.6 Å². The van der Waals surface area contributed by atoms with Gasteiger partial charge in [-0.05, 0) is 19.1 Å². The first-order chi connectivity index (χ1) is 10.6. The van der Waals surface area contributed by atoms with Crippen LogP contribution in [0.4, 0.5) is 0 Å². The van der Waals surface area contributed by atoms with E-state index in [1.165, 1.54) is 11.3 Å². The predicted molar refractivity (Wildman–Crippen MR) is 90.5 cm³/mol. The van der Waals surface area contributed by atoms with Crippen LogP contribution in [0.25, 0.3) is 10.1 Å². The zero-order chi connectivity index (χ0) is 15.7. The maximum Gasteiger partial charge on any atom is 0.265 e. The molecule has 22 heavy (non-hydrogen) atoms.